The van der Waals surface area contributed by atoms with E-state index in [1.165, 1.54) is 6.07 Å². The van der Waals surface area contributed by atoms with Gasteiger partial charge in [-0.3, -0.25) is 15.1 Å². The summed E-state index contributed by atoms with van der Waals surface area (Å²) in [5.74, 6) is 0.782. The standard InChI is InChI=1S/C19H19N3O3/c1-14-13-16(8-9-17(14)22(23)24)20-11-4-12-25-18-7-2-5-15-6-3-10-21-19(15)18/h2-3,5-10,13,20H,4,11-12H2,1H3. The van der Waals surface area contributed by atoms with Gasteiger partial charge in [0.2, 0.25) is 0 Å². The number of hydrogen-bond acceptors (Lipinski definition) is 5. The lowest BCUT2D eigenvalue weighted by atomic mass is 10.2. The van der Waals surface area contributed by atoms with E-state index in [0.717, 1.165) is 35.3 Å². The highest BCUT2D eigenvalue weighted by Gasteiger charge is 2.09. The molecule has 0 saturated carbocycles. The Labute approximate surface area is 145 Å². The van der Waals surface area contributed by atoms with Crippen LogP contribution in [0.4, 0.5) is 11.4 Å². The molecule has 0 amide bonds. The van der Waals surface area contributed by atoms with Crippen molar-refractivity contribution in [3.63, 3.8) is 0 Å². The fourth-order valence-electron chi connectivity index (χ4n) is 2.65. The summed E-state index contributed by atoms with van der Waals surface area (Å²) in [6, 6.07) is 14.8. The van der Waals surface area contributed by atoms with Crippen LogP contribution in [0, 0.1) is 17.0 Å². The van der Waals surface area contributed by atoms with Gasteiger partial charge in [0.05, 0.1) is 11.5 Å². The number of fused-ring (bicyclic) bond motifs is 1. The summed E-state index contributed by atoms with van der Waals surface area (Å²) in [5.41, 5.74) is 2.52. The van der Waals surface area contributed by atoms with Crippen molar-refractivity contribution < 1.29 is 9.66 Å². The molecule has 0 aliphatic rings. The van der Waals surface area contributed by atoms with Crippen LogP contribution in [0.5, 0.6) is 5.75 Å². The molecule has 6 nitrogen and oxygen atoms in total. The van der Waals surface area contributed by atoms with Crippen molar-refractivity contribution in [1.82, 2.24) is 4.98 Å². The van der Waals surface area contributed by atoms with Crippen LogP contribution < -0.4 is 10.1 Å². The number of nitro groups is 1. The first-order valence-electron chi connectivity index (χ1n) is 8.10. The predicted molar refractivity (Wildman–Crippen MR) is 98.2 cm³/mol. The number of benzene rings is 2. The summed E-state index contributed by atoms with van der Waals surface area (Å²) in [6.07, 6.45) is 2.56. The Balaban J connectivity index is 1.50. The number of nitrogens with one attached hydrogen (secondary N) is 1. The lowest BCUT2D eigenvalue weighted by Crippen LogP contribution is -2.08. The van der Waals surface area contributed by atoms with Gasteiger partial charge in [-0.05, 0) is 37.6 Å². The van der Waals surface area contributed by atoms with Crippen LogP contribution in [0.15, 0.2) is 54.7 Å². The van der Waals surface area contributed by atoms with E-state index in [1.54, 1.807) is 25.3 Å². The third kappa shape index (κ3) is 4.03. The molecule has 0 bridgehead atoms. The minimum absolute atomic E-state index is 0.136. The zero-order valence-corrected chi connectivity index (χ0v) is 13.9. The lowest BCUT2D eigenvalue weighted by molar-refractivity contribution is -0.385. The van der Waals surface area contributed by atoms with Crippen molar-refractivity contribution in [2.75, 3.05) is 18.5 Å². The smallest absolute Gasteiger partial charge is 0.272 e. The van der Waals surface area contributed by atoms with Gasteiger partial charge < -0.3 is 10.1 Å². The quantitative estimate of drug-likeness (QED) is 0.394. The summed E-state index contributed by atoms with van der Waals surface area (Å²) in [7, 11) is 0. The van der Waals surface area contributed by atoms with Crippen LogP contribution in [0.3, 0.4) is 0 Å². The molecule has 0 aliphatic heterocycles. The first kappa shape index (κ1) is 16.7. The molecule has 0 atom stereocenters. The van der Waals surface area contributed by atoms with Crippen molar-refractivity contribution in [1.29, 1.82) is 0 Å². The van der Waals surface area contributed by atoms with E-state index in [0.29, 0.717) is 12.2 Å². The largest absolute Gasteiger partial charge is 0.491 e. The summed E-state index contributed by atoms with van der Waals surface area (Å²) >= 11 is 0. The molecule has 1 N–H and O–H groups in total. The molecule has 2 aromatic carbocycles. The van der Waals surface area contributed by atoms with Gasteiger partial charge in [0.15, 0.2) is 0 Å². The third-order valence-electron chi connectivity index (χ3n) is 3.90. The lowest BCUT2D eigenvalue weighted by Gasteiger charge is -2.10. The normalized spacial score (nSPS) is 10.6. The molecule has 0 unspecified atom stereocenters. The van der Waals surface area contributed by atoms with Crippen molar-refractivity contribution in [3.05, 3.63) is 70.4 Å². The molecule has 0 spiro atoms. The van der Waals surface area contributed by atoms with Gasteiger partial charge in [0, 0.05) is 35.4 Å². The number of aryl methyl sites for hydroxylation is 1. The van der Waals surface area contributed by atoms with Crippen LogP contribution in [0.2, 0.25) is 0 Å². The van der Waals surface area contributed by atoms with Crippen molar-refractivity contribution >= 4 is 22.3 Å². The highest BCUT2D eigenvalue weighted by Crippen LogP contribution is 2.23. The number of ether oxygens (including phenoxy) is 1. The Kier molecular flexibility index (Phi) is 5.09. The number of para-hydroxylation sites is 1. The number of pyridine rings is 1. The number of rotatable bonds is 7. The van der Waals surface area contributed by atoms with Crippen LogP contribution in [-0.2, 0) is 0 Å². The van der Waals surface area contributed by atoms with Gasteiger partial charge in [0.25, 0.3) is 5.69 Å². The molecular formula is C19H19N3O3. The second-order valence-corrected chi connectivity index (χ2v) is 5.72. The average molecular weight is 337 g/mol. The zero-order chi connectivity index (χ0) is 17.6. The van der Waals surface area contributed by atoms with Gasteiger partial charge in [-0.15, -0.1) is 0 Å². The van der Waals surface area contributed by atoms with Crippen molar-refractivity contribution in [2.45, 2.75) is 13.3 Å². The number of nitrogens with zero attached hydrogens (tertiary/aromatic N) is 2. The Morgan fingerprint density at radius 2 is 2.04 bits per heavy atom. The van der Waals surface area contributed by atoms with E-state index in [1.807, 2.05) is 30.3 Å². The van der Waals surface area contributed by atoms with Gasteiger partial charge in [-0.25, -0.2) is 0 Å². The third-order valence-corrected chi connectivity index (χ3v) is 3.90. The van der Waals surface area contributed by atoms with Gasteiger partial charge in [0.1, 0.15) is 11.3 Å². The maximum Gasteiger partial charge on any atom is 0.272 e. The van der Waals surface area contributed by atoms with Crippen molar-refractivity contribution in [3.8, 4) is 5.75 Å². The number of anilines is 1. The Hall–Kier alpha value is -3.15. The Morgan fingerprint density at radius 3 is 2.84 bits per heavy atom. The highest BCUT2D eigenvalue weighted by molar-refractivity contribution is 5.84. The Morgan fingerprint density at radius 1 is 1.20 bits per heavy atom. The number of hydrogen-bond donors (Lipinski definition) is 1. The molecule has 0 saturated heterocycles. The van der Waals surface area contributed by atoms with E-state index in [9.17, 15) is 10.1 Å². The molecule has 3 aromatic rings. The molecule has 0 fully saturated rings. The molecular weight excluding hydrogens is 318 g/mol. The van der Waals surface area contributed by atoms with E-state index >= 15 is 0 Å². The van der Waals surface area contributed by atoms with E-state index < -0.39 is 0 Å². The maximum absolute atomic E-state index is 10.8. The minimum atomic E-state index is -0.370. The van der Waals surface area contributed by atoms with Crippen LogP contribution in [0.25, 0.3) is 10.9 Å². The molecule has 0 radical (unpaired) electrons. The van der Waals surface area contributed by atoms with Crippen LogP contribution >= 0.6 is 0 Å². The van der Waals surface area contributed by atoms with E-state index in [2.05, 4.69) is 10.3 Å². The molecule has 1 heterocycles. The first-order chi connectivity index (χ1) is 12.1. The summed E-state index contributed by atoms with van der Waals surface area (Å²) in [5, 5.41) is 15.1. The Bertz CT molecular complexity index is 891. The SMILES string of the molecule is Cc1cc(NCCCOc2cccc3cccnc23)ccc1[N+](=O)[O-]. The molecule has 0 aliphatic carbocycles. The second-order valence-electron chi connectivity index (χ2n) is 5.72. The molecule has 128 valence electrons. The minimum Gasteiger partial charge on any atom is -0.491 e. The zero-order valence-electron chi connectivity index (χ0n) is 13.9. The number of nitro benzene ring substituents is 1. The maximum atomic E-state index is 10.8. The highest BCUT2D eigenvalue weighted by atomic mass is 16.6. The van der Waals surface area contributed by atoms with Crippen molar-refractivity contribution in [2.24, 2.45) is 0 Å². The fourth-order valence-corrected chi connectivity index (χ4v) is 2.65. The first-order valence-corrected chi connectivity index (χ1v) is 8.10. The number of aromatic nitrogens is 1. The molecule has 6 heteroatoms. The summed E-state index contributed by atoms with van der Waals surface area (Å²) < 4.78 is 5.84. The average Bonchev–Trinajstić information content (AvgIpc) is 2.61. The topological polar surface area (TPSA) is 77.3 Å². The van der Waals surface area contributed by atoms with Gasteiger partial charge in [-0.2, -0.15) is 0 Å². The monoisotopic (exact) mass is 337 g/mol. The van der Waals surface area contributed by atoms with E-state index in [-0.39, 0.29) is 10.6 Å². The van der Waals surface area contributed by atoms with Crippen LogP contribution in [0.1, 0.15) is 12.0 Å². The summed E-state index contributed by atoms with van der Waals surface area (Å²) in [4.78, 5) is 14.8. The molecule has 3 rings (SSSR count). The van der Waals surface area contributed by atoms with Crippen LogP contribution in [-0.4, -0.2) is 23.1 Å². The molecule has 25 heavy (non-hydrogen) atoms. The fraction of sp³-hybridized carbons (Fsp3) is 0.211. The second kappa shape index (κ2) is 7.61. The molecule has 1 aromatic heterocycles. The predicted octanol–water partition coefficient (Wildman–Crippen LogP) is 4.33. The van der Waals surface area contributed by atoms with Gasteiger partial charge >= 0.3 is 0 Å². The summed E-state index contributed by atoms with van der Waals surface area (Å²) in [6.45, 7) is 3.02. The van der Waals surface area contributed by atoms with Gasteiger partial charge in [-0.1, -0.05) is 18.2 Å². The van der Waals surface area contributed by atoms with E-state index in [4.69, 9.17) is 4.74 Å².